The highest BCUT2D eigenvalue weighted by atomic mass is 32.2. The van der Waals surface area contributed by atoms with Crippen LogP contribution >= 0.6 is 23.5 Å². The Balaban J connectivity index is 1.65. The molecule has 19 heavy (non-hydrogen) atoms. The van der Waals surface area contributed by atoms with E-state index in [2.05, 4.69) is 20.8 Å². The molecule has 2 aliphatic heterocycles. The Morgan fingerprint density at radius 2 is 2.11 bits per heavy atom. The summed E-state index contributed by atoms with van der Waals surface area (Å²) in [5.74, 6) is 3.15. The van der Waals surface area contributed by atoms with Gasteiger partial charge in [-0.05, 0) is 37.4 Å². The Bertz CT molecular complexity index is 257. The summed E-state index contributed by atoms with van der Waals surface area (Å²) in [5.41, 5.74) is 1.23. The van der Waals surface area contributed by atoms with Crippen molar-refractivity contribution in [2.45, 2.75) is 57.3 Å². The summed E-state index contributed by atoms with van der Waals surface area (Å²) in [6.45, 7) is 8.77. The van der Waals surface area contributed by atoms with E-state index in [1.807, 2.05) is 23.5 Å². The predicted octanol–water partition coefficient (Wildman–Crippen LogP) is 4.39. The molecule has 3 atom stereocenters. The third-order valence-electron chi connectivity index (χ3n) is 3.85. The van der Waals surface area contributed by atoms with Crippen LogP contribution in [0.5, 0.6) is 0 Å². The summed E-state index contributed by atoms with van der Waals surface area (Å²) < 4.78 is 11.8. The van der Waals surface area contributed by atoms with Gasteiger partial charge in [0.25, 0.3) is 0 Å². The van der Waals surface area contributed by atoms with Gasteiger partial charge in [-0.15, -0.1) is 23.5 Å². The van der Waals surface area contributed by atoms with E-state index in [1.165, 1.54) is 37.2 Å². The molecule has 0 N–H and O–H groups in total. The standard InChI is InChI=1S/C15H28O2S2/c1-12(2)14-17-10-15(3,11-19-14)7-4-6-13-16-8-5-9-18-13/h12-14H,4-11H2,1-3H3. The minimum absolute atomic E-state index is 0.370. The van der Waals surface area contributed by atoms with E-state index in [0.717, 1.165) is 13.2 Å². The Hall–Kier alpha value is 0.620. The van der Waals surface area contributed by atoms with Crippen molar-refractivity contribution >= 4 is 23.5 Å². The average molecular weight is 305 g/mol. The monoisotopic (exact) mass is 304 g/mol. The van der Waals surface area contributed by atoms with E-state index >= 15 is 0 Å². The van der Waals surface area contributed by atoms with Crippen molar-refractivity contribution in [1.82, 2.24) is 0 Å². The van der Waals surface area contributed by atoms with Gasteiger partial charge >= 0.3 is 0 Å². The van der Waals surface area contributed by atoms with Crippen molar-refractivity contribution in [3.8, 4) is 0 Å². The highest BCUT2D eigenvalue weighted by Crippen LogP contribution is 2.39. The lowest BCUT2D eigenvalue weighted by Crippen LogP contribution is -2.36. The molecule has 0 saturated carbocycles. The van der Waals surface area contributed by atoms with Gasteiger partial charge in [0.15, 0.2) is 0 Å². The largest absolute Gasteiger partial charge is 0.368 e. The van der Waals surface area contributed by atoms with Crippen molar-refractivity contribution in [2.75, 3.05) is 24.7 Å². The van der Waals surface area contributed by atoms with Crippen molar-refractivity contribution in [3.05, 3.63) is 0 Å². The molecule has 4 heteroatoms. The zero-order chi connectivity index (χ0) is 13.7. The summed E-state index contributed by atoms with van der Waals surface area (Å²) in [4.78, 5) is 0. The Labute approximate surface area is 126 Å². The highest BCUT2D eigenvalue weighted by Gasteiger charge is 2.33. The summed E-state index contributed by atoms with van der Waals surface area (Å²) in [5, 5.41) is 0. The minimum Gasteiger partial charge on any atom is -0.368 e. The SMILES string of the molecule is CC(C)C1OCC(C)(CCCC2OCCCS2)CS1. The molecular formula is C15H28O2S2. The number of hydrogen-bond acceptors (Lipinski definition) is 4. The first-order valence-corrected chi connectivity index (χ1v) is 9.65. The number of thioether (sulfide) groups is 2. The molecule has 3 unspecified atom stereocenters. The number of rotatable bonds is 5. The molecule has 2 aliphatic rings. The summed E-state index contributed by atoms with van der Waals surface area (Å²) in [7, 11) is 0. The maximum Gasteiger partial charge on any atom is 0.105 e. The predicted molar refractivity (Wildman–Crippen MR) is 85.8 cm³/mol. The molecular weight excluding hydrogens is 276 g/mol. The first-order chi connectivity index (χ1) is 9.09. The molecule has 0 spiro atoms. The fourth-order valence-electron chi connectivity index (χ4n) is 2.58. The number of ether oxygens (including phenoxy) is 2. The van der Waals surface area contributed by atoms with E-state index in [-0.39, 0.29) is 0 Å². The first-order valence-electron chi connectivity index (χ1n) is 7.55. The van der Waals surface area contributed by atoms with Gasteiger partial charge in [0.1, 0.15) is 10.9 Å². The van der Waals surface area contributed by atoms with Gasteiger partial charge in [0, 0.05) is 17.8 Å². The fraction of sp³-hybridized carbons (Fsp3) is 1.00. The van der Waals surface area contributed by atoms with Crippen LogP contribution in [-0.2, 0) is 9.47 Å². The van der Waals surface area contributed by atoms with Crippen LogP contribution in [0.15, 0.2) is 0 Å². The molecule has 2 nitrogen and oxygen atoms in total. The van der Waals surface area contributed by atoms with E-state index in [9.17, 15) is 0 Å². The Morgan fingerprint density at radius 3 is 2.68 bits per heavy atom. The van der Waals surface area contributed by atoms with Gasteiger partial charge in [-0.1, -0.05) is 20.8 Å². The fourth-order valence-corrected chi connectivity index (χ4v) is 5.00. The van der Waals surface area contributed by atoms with Crippen LogP contribution in [0.1, 0.15) is 46.5 Å². The molecule has 112 valence electrons. The van der Waals surface area contributed by atoms with Crippen molar-refractivity contribution in [2.24, 2.45) is 11.3 Å². The molecule has 0 amide bonds. The van der Waals surface area contributed by atoms with E-state index in [0.29, 0.717) is 22.2 Å². The highest BCUT2D eigenvalue weighted by molar-refractivity contribution is 8.00. The van der Waals surface area contributed by atoms with Crippen LogP contribution in [0.25, 0.3) is 0 Å². The lowest BCUT2D eigenvalue weighted by atomic mass is 9.87. The second kappa shape index (κ2) is 7.58. The molecule has 2 saturated heterocycles. The average Bonchev–Trinajstić information content (AvgIpc) is 2.40. The second-order valence-electron chi connectivity index (χ2n) is 6.46. The molecule has 0 aromatic carbocycles. The van der Waals surface area contributed by atoms with E-state index in [1.54, 1.807) is 0 Å². The van der Waals surface area contributed by atoms with Crippen molar-refractivity contribution in [1.29, 1.82) is 0 Å². The van der Waals surface area contributed by atoms with Gasteiger partial charge in [-0.2, -0.15) is 0 Å². The molecule has 2 fully saturated rings. The maximum absolute atomic E-state index is 6.02. The summed E-state index contributed by atoms with van der Waals surface area (Å²) in [6, 6.07) is 0. The molecule has 2 heterocycles. The van der Waals surface area contributed by atoms with Crippen LogP contribution < -0.4 is 0 Å². The van der Waals surface area contributed by atoms with Crippen molar-refractivity contribution < 1.29 is 9.47 Å². The van der Waals surface area contributed by atoms with Crippen LogP contribution in [-0.4, -0.2) is 35.6 Å². The van der Waals surface area contributed by atoms with Crippen LogP contribution in [0.3, 0.4) is 0 Å². The smallest absolute Gasteiger partial charge is 0.105 e. The topological polar surface area (TPSA) is 18.5 Å². The number of hydrogen-bond donors (Lipinski definition) is 0. The lowest BCUT2D eigenvalue weighted by molar-refractivity contribution is 0.0112. The normalized spacial score (nSPS) is 36.6. The summed E-state index contributed by atoms with van der Waals surface area (Å²) in [6.07, 6.45) is 4.97. The van der Waals surface area contributed by atoms with Crippen LogP contribution in [0, 0.1) is 11.3 Å². The third kappa shape index (κ3) is 5.14. The first kappa shape index (κ1) is 16.0. The Morgan fingerprint density at radius 1 is 1.26 bits per heavy atom. The Kier molecular flexibility index (Phi) is 6.38. The van der Waals surface area contributed by atoms with Gasteiger partial charge < -0.3 is 9.47 Å². The van der Waals surface area contributed by atoms with Gasteiger partial charge in [-0.3, -0.25) is 0 Å². The van der Waals surface area contributed by atoms with E-state index in [4.69, 9.17) is 9.47 Å². The minimum atomic E-state index is 0.370. The zero-order valence-corrected chi connectivity index (χ0v) is 14.2. The van der Waals surface area contributed by atoms with Gasteiger partial charge in [-0.25, -0.2) is 0 Å². The molecule has 0 aliphatic carbocycles. The van der Waals surface area contributed by atoms with E-state index < -0.39 is 0 Å². The molecule has 0 aromatic heterocycles. The van der Waals surface area contributed by atoms with Gasteiger partial charge in [0.05, 0.1) is 6.61 Å². The second-order valence-corrected chi connectivity index (χ2v) is 8.82. The molecule has 0 radical (unpaired) electrons. The quantitative estimate of drug-likeness (QED) is 0.749. The zero-order valence-electron chi connectivity index (χ0n) is 12.5. The summed E-state index contributed by atoms with van der Waals surface area (Å²) >= 11 is 4.00. The lowest BCUT2D eigenvalue weighted by Gasteiger charge is -2.38. The van der Waals surface area contributed by atoms with Gasteiger partial charge in [0.2, 0.25) is 0 Å². The maximum atomic E-state index is 6.02. The molecule has 2 rings (SSSR count). The van der Waals surface area contributed by atoms with Crippen LogP contribution in [0.4, 0.5) is 0 Å². The third-order valence-corrected chi connectivity index (χ3v) is 6.99. The van der Waals surface area contributed by atoms with Crippen LogP contribution in [0.2, 0.25) is 0 Å². The molecule has 0 aromatic rings. The van der Waals surface area contributed by atoms with Crippen molar-refractivity contribution in [3.63, 3.8) is 0 Å². The molecule has 0 bridgehead atoms.